The molecule has 1 heterocycles. The second-order valence-electron chi connectivity index (χ2n) is 7.11. The summed E-state index contributed by atoms with van der Waals surface area (Å²) in [6, 6.07) is 14.5. The van der Waals surface area contributed by atoms with Gasteiger partial charge in [-0.25, -0.2) is 4.39 Å². The first-order valence-corrected chi connectivity index (χ1v) is 9.10. The van der Waals surface area contributed by atoms with Gasteiger partial charge in [-0.2, -0.15) is 0 Å². The van der Waals surface area contributed by atoms with Crippen LogP contribution in [0.3, 0.4) is 0 Å². The first-order valence-electron chi connectivity index (χ1n) is 9.10. The largest absolute Gasteiger partial charge is 0.494 e. The summed E-state index contributed by atoms with van der Waals surface area (Å²) in [5, 5.41) is 0. The van der Waals surface area contributed by atoms with Crippen LogP contribution in [-0.2, 0) is 16.9 Å². The van der Waals surface area contributed by atoms with Gasteiger partial charge in [-0.1, -0.05) is 36.4 Å². The maximum atomic E-state index is 13.9. The third-order valence-corrected chi connectivity index (χ3v) is 5.10. The number of carbonyl (C=O) groups is 1. The first-order chi connectivity index (χ1) is 12.9. The van der Waals surface area contributed by atoms with Crippen LogP contribution in [0.1, 0.15) is 18.1 Å². The molecule has 0 saturated carbocycles. The molecule has 0 aromatic heterocycles. The summed E-state index contributed by atoms with van der Waals surface area (Å²) in [6.07, 6.45) is 0. The highest BCUT2D eigenvalue weighted by molar-refractivity contribution is 5.87. The number of methoxy groups -OCH3 is 1. The number of halogens is 1. The van der Waals surface area contributed by atoms with Crippen LogP contribution in [0.2, 0.25) is 0 Å². The molecule has 0 bridgehead atoms. The predicted octanol–water partition coefficient (Wildman–Crippen LogP) is 2.35. The third kappa shape index (κ3) is 4.28. The van der Waals surface area contributed by atoms with Crippen molar-refractivity contribution in [3.63, 3.8) is 0 Å². The van der Waals surface area contributed by atoms with Gasteiger partial charge in [-0.05, 0) is 30.2 Å². The van der Waals surface area contributed by atoms with Crippen LogP contribution in [0.4, 0.5) is 4.39 Å². The molecule has 6 heteroatoms. The van der Waals surface area contributed by atoms with Gasteiger partial charge in [-0.3, -0.25) is 9.69 Å². The van der Waals surface area contributed by atoms with E-state index in [1.54, 1.807) is 13.0 Å². The molecule has 1 fully saturated rings. The lowest BCUT2D eigenvalue weighted by atomic mass is 9.91. The number of hydrogen-bond acceptors (Lipinski definition) is 4. The predicted molar refractivity (Wildman–Crippen MR) is 103 cm³/mol. The van der Waals surface area contributed by atoms with Crippen molar-refractivity contribution in [3.8, 4) is 5.75 Å². The number of rotatable bonds is 5. The lowest BCUT2D eigenvalue weighted by molar-refractivity contribution is -0.138. The molecule has 2 aromatic carbocycles. The van der Waals surface area contributed by atoms with Gasteiger partial charge in [0, 0.05) is 32.7 Å². The van der Waals surface area contributed by atoms with E-state index in [1.807, 2.05) is 41.3 Å². The Morgan fingerprint density at radius 1 is 1.15 bits per heavy atom. The second kappa shape index (κ2) is 8.06. The minimum atomic E-state index is -1.04. The van der Waals surface area contributed by atoms with Crippen molar-refractivity contribution < 1.29 is 13.9 Å². The molecule has 1 aliphatic rings. The molecule has 1 unspecified atom stereocenters. The first kappa shape index (κ1) is 19.3. The Morgan fingerprint density at radius 3 is 2.41 bits per heavy atom. The molecule has 2 N–H and O–H groups in total. The van der Waals surface area contributed by atoms with Gasteiger partial charge < -0.3 is 15.4 Å². The number of carbonyl (C=O) groups excluding carboxylic acids is 1. The van der Waals surface area contributed by atoms with Crippen LogP contribution in [0.5, 0.6) is 5.75 Å². The molecule has 0 aliphatic carbocycles. The Labute approximate surface area is 159 Å². The molecule has 1 saturated heterocycles. The molecule has 0 spiro atoms. The lowest BCUT2D eigenvalue weighted by Crippen LogP contribution is -2.56. The minimum Gasteiger partial charge on any atom is -0.494 e. The van der Waals surface area contributed by atoms with E-state index in [4.69, 9.17) is 10.5 Å². The second-order valence-corrected chi connectivity index (χ2v) is 7.11. The number of benzene rings is 2. The zero-order chi connectivity index (χ0) is 19.4. The molecule has 2 aromatic rings. The Balaban J connectivity index is 1.58. The molecule has 1 amide bonds. The number of piperazine rings is 1. The van der Waals surface area contributed by atoms with Gasteiger partial charge in [0.25, 0.3) is 0 Å². The van der Waals surface area contributed by atoms with Crippen molar-refractivity contribution in [2.75, 3.05) is 33.3 Å². The van der Waals surface area contributed by atoms with Gasteiger partial charge in [0.05, 0.1) is 7.11 Å². The van der Waals surface area contributed by atoms with Crippen LogP contribution in [-0.4, -0.2) is 49.0 Å². The summed E-state index contributed by atoms with van der Waals surface area (Å²) >= 11 is 0. The SMILES string of the molecule is COc1ccc(CN2CCN(C(=O)C(C)(N)c3ccccc3)CC2)cc1F. The Morgan fingerprint density at radius 2 is 1.81 bits per heavy atom. The number of nitrogens with two attached hydrogens (primary N) is 1. The van der Waals surface area contributed by atoms with Crippen molar-refractivity contribution >= 4 is 5.91 Å². The fraction of sp³-hybridized carbons (Fsp3) is 0.381. The number of nitrogens with zero attached hydrogens (tertiary/aromatic N) is 2. The van der Waals surface area contributed by atoms with Gasteiger partial charge in [0.1, 0.15) is 5.54 Å². The summed E-state index contributed by atoms with van der Waals surface area (Å²) in [5.74, 6) is -0.174. The van der Waals surface area contributed by atoms with Gasteiger partial charge >= 0.3 is 0 Å². The summed E-state index contributed by atoms with van der Waals surface area (Å²) < 4.78 is 18.8. The van der Waals surface area contributed by atoms with Crippen LogP contribution in [0.15, 0.2) is 48.5 Å². The highest BCUT2D eigenvalue weighted by Crippen LogP contribution is 2.22. The minimum absolute atomic E-state index is 0.0659. The molecule has 3 rings (SSSR count). The van der Waals surface area contributed by atoms with Crippen molar-refractivity contribution in [2.24, 2.45) is 5.73 Å². The fourth-order valence-corrected chi connectivity index (χ4v) is 3.41. The van der Waals surface area contributed by atoms with Crippen LogP contribution >= 0.6 is 0 Å². The lowest BCUT2D eigenvalue weighted by Gasteiger charge is -2.38. The smallest absolute Gasteiger partial charge is 0.247 e. The molecule has 27 heavy (non-hydrogen) atoms. The van der Waals surface area contributed by atoms with Crippen molar-refractivity contribution in [2.45, 2.75) is 19.0 Å². The molecular weight excluding hydrogens is 345 g/mol. The Kier molecular flexibility index (Phi) is 5.77. The zero-order valence-electron chi connectivity index (χ0n) is 15.8. The van der Waals surface area contributed by atoms with E-state index in [2.05, 4.69) is 4.90 Å². The molecule has 5 nitrogen and oxygen atoms in total. The van der Waals surface area contributed by atoms with E-state index >= 15 is 0 Å². The summed E-state index contributed by atoms with van der Waals surface area (Å²) in [5.41, 5.74) is 7.02. The monoisotopic (exact) mass is 371 g/mol. The van der Waals surface area contributed by atoms with Gasteiger partial charge in [0.15, 0.2) is 11.6 Å². The summed E-state index contributed by atoms with van der Waals surface area (Å²) in [4.78, 5) is 16.9. The van der Waals surface area contributed by atoms with E-state index in [-0.39, 0.29) is 17.5 Å². The maximum Gasteiger partial charge on any atom is 0.247 e. The van der Waals surface area contributed by atoms with Crippen LogP contribution < -0.4 is 10.5 Å². The molecular formula is C21H26FN3O2. The maximum absolute atomic E-state index is 13.9. The number of hydrogen-bond donors (Lipinski definition) is 1. The molecule has 1 atom stereocenters. The van der Waals surface area contributed by atoms with Crippen molar-refractivity contribution in [1.29, 1.82) is 0 Å². The van der Waals surface area contributed by atoms with Gasteiger partial charge in [-0.15, -0.1) is 0 Å². The van der Waals surface area contributed by atoms with Crippen LogP contribution in [0, 0.1) is 5.82 Å². The third-order valence-electron chi connectivity index (χ3n) is 5.10. The average molecular weight is 371 g/mol. The topological polar surface area (TPSA) is 58.8 Å². The van der Waals surface area contributed by atoms with E-state index in [0.717, 1.165) is 24.2 Å². The fourth-order valence-electron chi connectivity index (χ4n) is 3.41. The zero-order valence-corrected chi connectivity index (χ0v) is 15.8. The van der Waals surface area contributed by atoms with Crippen LogP contribution in [0.25, 0.3) is 0 Å². The highest BCUT2D eigenvalue weighted by Gasteiger charge is 2.35. The normalized spacial score (nSPS) is 17.4. The van der Waals surface area contributed by atoms with Gasteiger partial charge in [0.2, 0.25) is 5.91 Å². The molecule has 144 valence electrons. The Bertz CT molecular complexity index is 787. The Hall–Kier alpha value is -2.44. The number of ether oxygens (including phenoxy) is 1. The van der Waals surface area contributed by atoms with E-state index in [1.165, 1.54) is 13.2 Å². The molecule has 0 radical (unpaired) electrons. The van der Waals surface area contributed by atoms with E-state index in [0.29, 0.717) is 19.6 Å². The molecule has 1 aliphatic heterocycles. The van der Waals surface area contributed by atoms with E-state index < -0.39 is 5.54 Å². The van der Waals surface area contributed by atoms with Crippen molar-refractivity contribution in [1.82, 2.24) is 9.80 Å². The van der Waals surface area contributed by atoms with Crippen molar-refractivity contribution in [3.05, 3.63) is 65.5 Å². The summed E-state index contributed by atoms with van der Waals surface area (Å²) in [6.45, 7) is 5.07. The quantitative estimate of drug-likeness (QED) is 0.877. The standard InChI is InChI=1S/C21H26FN3O2/c1-21(23,17-6-4-3-5-7-17)20(26)25-12-10-24(11-13-25)15-16-8-9-19(27-2)18(22)14-16/h3-9,14H,10-13,15,23H2,1-2H3. The average Bonchev–Trinajstić information content (AvgIpc) is 2.69. The highest BCUT2D eigenvalue weighted by atomic mass is 19.1. The summed E-state index contributed by atoms with van der Waals surface area (Å²) in [7, 11) is 1.45. The van der Waals surface area contributed by atoms with E-state index in [9.17, 15) is 9.18 Å². The number of amides is 1.